The third-order valence-electron chi connectivity index (χ3n) is 10.3. The molecule has 0 amide bonds. The lowest BCUT2D eigenvalue weighted by Crippen LogP contribution is -2.28. The van der Waals surface area contributed by atoms with Crippen molar-refractivity contribution in [2.75, 3.05) is 0 Å². The highest BCUT2D eigenvalue weighted by Crippen LogP contribution is 2.65. The Balaban J connectivity index is 0.000000135. The van der Waals surface area contributed by atoms with Gasteiger partial charge in [0.2, 0.25) is 0 Å². The van der Waals surface area contributed by atoms with Crippen LogP contribution >= 0.6 is 0 Å². The molecule has 0 N–H and O–H groups in total. The van der Waals surface area contributed by atoms with Gasteiger partial charge in [-0.15, -0.1) is 0 Å². The number of rotatable bonds is 0. The Hall–Kier alpha value is -2.56. The van der Waals surface area contributed by atoms with Crippen LogP contribution in [0.2, 0.25) is 0 Å². The third-order valence-corrected chi connectivity index (χ3v) is 10.3. The molecule has 32 heavy (non-hydrogen) atoms. The van der Waals surface area contributed by atoms with Crippen LogP contribution in [-0.4, -0.2) is 0 Å². The predicted octanol–water partition coefficient (Wildman–Crippen LogP) is 6.06. The molecular formula is C28H32N4. The topological polar surface area (TPSA) is 95.2 Å². The minimum atomic E-state index is -0.745. The van der Waals surface area contributed by atoms with Crippen LogP contribution in [0.5, 0.6) is 0 Å². The Labute approximate surface area is 192 Å². The first kappa shape index (κ1) is 21.3. The van der Waals surface area contributed by atoms with Gasteiger partial charge in [-0.2, -0.15) is 21.0 Å². The first-order chi connectivity index (χ1) is 15.4. The van der Waals surface area contributed by atoms with Gasteiger partial charge in [-0.05, 0) is 67.1 Å². The van der Waals surface area contributed by atoms with Gasteiger partial charge in [0.1, 0.15) is 0 Å². The number of nitrogens with zero attached hydrogens (tertiary/aromatic N) is 4. The molecule has 6 fully saturated rings. The van der Waals surface area contributed by atoms with Gasteiger partial charge < -0.3 is 0 Å². The van der Waals surface area contributed by atoms with Crippen molar-refractivity contribution >= 4 is 0 Å². The molecule has 0 heterocycles. The molecule has 0 aliphatic heterocycles. The summed E-state index contributed by atoms with van der Waals surface area (Å²) in [6.07, 6.45) is 11.3. The maximum Gasteiger partial charge on any atom is 0.151 e. The summed E-state index contributed by atoms with van der Waals surface area (Å²) in [7, 11) is 0. The maximum absolute atomic E-state index is 9.39. The molecule has 6 saturated carbocycles. The molecule has 6 aliphatic rings. The van der Waals surface area contributed by atoms with Crippen molar-refractivity contribution < 1.29 is 0 Å². The zero-order chi connectivity index (χ0) is 22.7. The van der Waals surface area contributed by atoms with E-state index in [-0.39, 0.29) is 5.92 Å². The van der Waals surface area contributed by atoms with Crippen LogP contribution < -0.4 is 0 Å². The van der Waals surface area contributed by atoms with Crippen LogP contribution in [0.15, 0.2) is 24.3 Å². The lowest BCUT2D eigenvalue weighted by atomic mass is 9.73. The largest absolute Gasteiger partial charge is 0.197 e. The van der Waals surface area contributed by atoms with Crippen molar-refractivity contribution in [2.45, 2.75) is 64.2 Å². The molecule has 6 rings (SSSR count). The number of hydrogen-bond donors (Lipinski definition) is 0. The number of hydrogen-bond acceptors (Lipinski definition) is 4. The monoisotopic (exact) mass is 424 g/mol. The second-order valence-electron chi connectivity index (χ2n) is 11.5. The van der Waals surface area contributed by atoms with E-state index in [9.17, 15) is 21.0 Å². The molecule has 6 aliphatic carbocycles. The number of nitriles is 4. The van der Waals surface area contributed by atoms with Gasteiger partial charge in [0.15, 0.2) is 10.8 Å². The fourth-order valence-electron chi connectivity index (χ4n) is 9.17. The van der Waals surface area contributed by atoms with Crippen molar-refractivity contribution in [3.05, 3.63) is 24.3 Å². The van der Waals surface area contributed by atoms with Gasteiger partial charge in [0.05, 0.1) is 24.3 Å². The van der Waals surface area contributed by atoms with E-state index in [4.69, 9.17) is 0 Å². The maximum atomic E-state index is 9.39. The Morgan fingerprint density at radius 2 is 1.25 bits per heavy atom. The van der Waals surface area contributed by atoms with E-state index in [1.54, 1.807) is 0 Å². The molecule has 0 radical (unpaired) electrons. The summed E-state index contributed by atoms with van der Waals surface area (Å²) in [6, 6.07) is 9.23. The summed E-state index contributed by atoms with van der Waals surface area (Å²) in [5.41, 5.74) is 0.863. The zero-order valence-corrected chi connectivity index (χ0v) is 18.9. The standard InChI is InChI=1S/2C14H16N2/c1-9-6-14(7-15,8-16)12-5-10-3-2-4-11(10)13(9)12;1-9-6-14(7-15,8-16)13-11-4-2-3-10(11)5-12(9)13/h2*10-13H,1-6H2/t10?,11?,12-,13+;10?,11?,12-,13-/m10/s1. The molecule has 0 saturated heterocycles. The highest BCUT2D eigenvalue weighted by Gasteiger charge is 2.61. The first-order valence-electron chi connectivity index (χ1n) is 12.4. The van der Waals surface area contributed by atoms with Gasteiger partial charge in [0.25, 0.3) is 0 Å². The fraction of sp³-hybridized carbons (Fsp3) is 0.714. The minimum absolute atomic E-state index is 0.283. The van der Waals surface area contributed by atoms with E-state index >= 15 is 0 Å². The Morgan fingerprint density at radius 1 is 0.688 bits per heavy atom. The highest BCUT2D eigenvalue weighted by atomic mass is 14.6. The van der Waals surface area contributed by atoms with Gasteiger partial charge in [-0.25, -0.2) is 0 Å². The second-order valence-corrected chi connectivity index (χ2v) is 11.5. The predicted molar refractivity (Wildman–Crippen MR) is 120 cm³/mol. The molecule has 0 aromatic heterocycles. The normalized spacial score (nSPS) is 43.5. The Kier molecular flexibility index (Phi) is 4.99. The van der Waals surface area contributed by atoms with Crippen LogP contribution in [-0.2, 0) is 0 Å². The van der Waals surface area contributed by atoms with E-state index in [1.807, 2.05) is 0 Å². The number of fused-ring (bicyclic) bond motifs is 6. The lowest BCUT2D eigenvalue weighted by Gasteiger charge is -2.25. The Bertz CT molecular complexity index is 982. The summed E-state index contributed by atoms with van der Waals surface area (Å²) in [4.78, 5) is 0. The van der Waals surface area contributed by atoms with Crippen LogP contribution in [0.25, 0.3) is 0 Å². The first-order valence-corrected chi connectivity index (χ1v) is 12.4. The smallest absolute Gasteiger partial charge is 0.151 e. The van der Waals surface area contributed by atoms with Crippen molar-refractivity contribution in [3.8, 4) is 24.3 Å². The van der Waals surface area contributed by atoms with E-state index in [0.717, 1.165) is 24.2 Å². The van der Waals surface area contributed by atoms with E-state index in [2.05, 4.69) is 37.4 Å². The minimum Gasteiger partial charge on any atom is -0.197 e. The third kappa shape index (κ3) is 2.76. The fourth-order valence-corrected chi connectivity index (χ4v) is 9.17. The molecular weight excluding hydrogens is 392 g/mol. The molecule has 4 heteroatoms. The van der Waals surface area contributed by atoms with Crippen molar-refractivity contribution in [1.82, 2.24) is 0 Å². The SMILES string of the molecule is C=C1CC(C#N)(C#N)[C@@H]2CC3CCCC3[C@H]12.C=C1CC(C#N)(C#N)[C@H]2C3CCCC3C[C@@H]12. The summed E-state index contributed by atoms with van der Waals surface area (Å²) in [6.45, 7) is 8.26. The molecule has 4 nitrogen and oxygen atoms in total. The average Bonchev–Trinajstić information content (AvgIpc) is 3.58. The summed E-state index contributed by atoms with van der Waals surface area (Å²) in [5.74, 6) is 4.43. The van der Waals surface area contributed by atoms with Crippen LogP contribution in [0, 0.1) is 103 Å². The second kappa shape index (κ2) is 7.50. The zero-order valence-electron chi connectivity index (χ0n) is 18.9. The molecule has 0 aromatic carbocycles. The highest BCUT2D eigenvalue weighted by molar-refractivity contribution is 5.34. The average molecular weight is 425 g/mol. The Morgan fingerprint density at radius 3 is 1.88 bits per heavy atom. The molecule has 164 valence electrons. The lowest BCUT2D eigenvalue weighted by molar-refractivity contribution is 0.244. The summed E-state index contributed by atoms with van der Waals surface area (Å²) >= 11 is 0. The summed E-state index contributed by atoms with van der Waals surface area (Å²) < 4.78 is 0. The molecule has 0 aromatic rings. The molecule has 4 unspecified atom stereocenters. The van der Waals surface area contributed by atoms with E-state index in [0.29, 0.717) is 36.5 Å². The van der Waals surface area contributed by atoms with Gasteiger partial charge in [-0.1, -0.05) is 50.0 Å². The van der Waals surface area contributed by atoms with Crippen LogP contribution in [0.4, 0.5) is 0 Å². The molecule has 8 atom stereocenters. The molecule has 0 spiro atoms. The van der Waals surface area contributed by atoms with Crippen molar-refractivity contribution in [2.24, 2.45) is 58.2 Å². The van der Waals surface area contributed by atoms with Crippen LogP contribution in [0.3, 0.4) is 0 Å². The van der Waals surface area contributed by atoms with E-state index in [1.165, 1.54) is 56.1 Å². The van der Waals surface area contributed by atoms with Gasteiger partial charge in [-0.3, -0.25) is 0 Å². The quantitative estimate of drug-likeness (QED) is 0.441. The van der Waals surface area contributed by atoms with Crippen molar-refractivity contribution in [1.29, 1.82) is 21.0 Å². The summed E-state index contributed by atoms with van der Waals surface area (Å²) in [5, 5.41) is 37.4. The van der Waals surface area contributed by atoms with Gasteiger partial charge in [0, 0.05) is 18.8 Å². The van der Waals surface area contributed by atoms with Crippen LogP contribution in [0.1, 0.15) is 64.2 Å². The van der Waals surface area contributed by atoms with Gasteiger partial charge >= 0.3 is 0 Å². The van der Waals surface area contributed by atoms with E-state index < -0.39 is 10.8 Å². The number of allylic oxidation sites excluding steroid dienone is 2. The molecule has 0 bridgehead atoms. The van der Waals surface area contributed by atoms with Crippen molar-refractivity contribution in [3.63, 3.8) is 0 Å².